The average molecular weight is 283 g/mol. The van der Waals surface area contributed by atoms with Crippen LogP contribution in [0.5, 0.6) is 0 Å². The third kappa shape index (κ3) is 4.36. The molecule has 1 aromatic rings. The van der Waals surface area contributed by atoms with E-state index in [1.54, 1.807) is 31.4 Å². The molecule has 0 radical (unpaired) electrons. The molecule has 0 fully saturated rings. The van der Waals surface area contributed by atoms with Crippen molar-refractivity contribution in [1.29, 1.82) is 0 Å². The molecular weight excluding hydrogens is 266 g/mol. The largest absolute Gasteiger partial charge is 0.357 e. The molecule has 1 heterocycles. The van der Waals surface area contributed by atoms with Gasteiger partial charge in [0, 0.05) is 7.05 Å². The summed E-state index contributed by atoms with van der Waals surface area (Å²) in [5, 5.41) is 9.31. The van der Waals surface area contributed by atoms with Gasteiger partial charge < -0.3 is 16.0 Å². The van der Waals surface area contributed by atoms with Gasteiger partial charge in [0.05, 0.1) is 4.88 Å². The van der Waals surface area contributed by atoms with Crippen molar-refractivity contribution >= 4 is 29.1 Å². The van der Waals surface area contributed by atoms with E-state index in [0.717, 1.165) is 0 Å². The zero-order valence-electron chi connectivity index (χ0n) is 11.0. The van der Waals surface area contributed by atoms with Crippen molar-refractivity contribution in [1.82, 2.24) is 16.0 Å². The van der Waals surface area contributed by atoms with Gasteiger partial charge in [-0.25, -0.2) is 0 Å². The first-order valence-electron chi connectivity index (χ1n) is 5.82. The van der Waals surface area contributed by atoms with Crippen LogP contribution < -0.4 is 16.0 Å². The van der Waals surface area contributed by atoms with Crippen LogP contribution in [0.2, 0.25) is 0 Å². The first-order chi connectivity index (χ1) is 8.95. The van der Waals surface area contributed by atoms with Crippen molar-refractivity contribution < 1.29 is 14.4 Å². The highest BCUT2D eigenvalue weighted by atomic mass is 32.1. The molecule has 0 spiro atoms. The molecule has 0 aliphatic carbocycles. The highest BCUT2D eigenvalue weighted by molar-refractivity contribution is 7.12. The van der Waals surface area contributed by atoms with Crippen molar-refractivity contribution in [2.75, 3.05) is 7.05 Å². The minimum atomic E-state index is -0.707. The van der Waals surface area contributed by atoms with E-state index in [2.05, 4.69) is 16.0 Å². The second-order valence-electron chi connectivity index (χ2n) is 4.02. The van der Waals surface area contributed by atoms with Crippen LogP contribution >= 0.6 is 11.3 Å². The lowest BCUT2D eigenvalue weighted by atomic mass is 10.2. The number of likely N-dealkylation sites (N-methyl/N-ethyl adjacent to an activating group) is 1. The monoisotopic (exact) mass is 283 g/mol. The van der Waals surface area contributed by atoms with Crippen LogP contribution in [0.1, 0.15) is 23.5 Å². The van der Waals surface area contributed by atoms with Gasteiger partial charge >= 0.3 is 0 Å². The summed E-state index contributed by atoms with van der Waals surface area (Å²) in [5.74, 6) is -0.989. The Morgan fingerprint density at radius 2 is 1.74 bits per heavy atom. The van der Waals surface area contributed by atoms with E-state index in [-0.39, 0.29) is 11.8 Å². The number of thiophene rings is 1. The summed E-state index contributed by atoms with van der Waals surface area (Å²) in [6.07, 6.45) is 0. The molecular formula is C12H17N3O3S. The molecule has 3 amide bonds. The summed E-state index contributed by atoms with van der Waals surface area (Å²) in [4.78, 5) is 35.3. The van der Waals surface area contributed by atoms with E-state index in [4.69, 9.17) is 0 Å². The van der Waals surface area contributed by atoms with Crippen molar-refractivity contribution in [2.24, 2.45) is 0 Å². The van der Waals surface area contributed by atoms with Gasteiger partial charge in [0.15, 0.2) is 0 Å². The van der Waals surface area contributed by atoms with Crippen LogP contribution in [-0.2, 0) is 9.59 Å². The Hall–Kier alpha value is -1.89. The minimum Gasteiger partial charge on any atom is -0.357 e. The highest BCUT2D eigenvalue weighted by Crippen LogP contribution is 2.08. The second kappa shape index (κ2) is 6.89. The maximum Gasteiger partial charge on any atom is 0.261 e. The predicted octanol–water partition coefficient (Wildman–Crippen LogP) is 0.117. The van der Waals surface area contributed by atoms with E-state index in [1.165, 1.54) is 18.4 Å². The second-order valence-corrected chi connectivity index (χ2v) is 4.96. The zero-order chi connectivity index (χ0) is 14.4. The Labute approximate surface area is 115 Å². The normalized spacial score (nSPS) is 13.2. The molecule has 0 saturated carbocycles. The minimum absolute atomic E-state index is 0.287. The van der Waals surface area contributed by atoms with Gasteiger partial charge in [-0.05, 0) is 25.3 Å². The third-order valence-electron chi connectivity index (χ3n) is 2.48. The van der Waals surface area contributed by atoms with Crippen molar-refractivity contribution in [3.8, 4) is 0 Å². The number of hydrogen-bond donors (Lipinski definition) is 3. The number of hydrogen-bond acceptors (Lipinski definition) is 4. The Morgan fingerprint density at radius 3 is 2.26 bits per heavy atom. The van der Waals surface area contributed by atoms with E-state index in [1.807, 2.05) is 0 Å². The van der Waals surface area contributed by atoms with E-state index < -0.39 is 18.0 Å². The van der Waals surface area contributed by atoms with Crippen LogP contribution in [0.4, 0.5) is 0 Å². The molecule has 0 aromatic carbocycles. The molecule has 0 aliphatic rings. The molecule has 1 aromatic heterocycles. The third-order valence-corrected chi connectivity index (χ3v) is 3.35. The maximum atomic E-state index is 11.8. The van der Waals surface area contributed by atoms with Gasteiger partial charge in [-0.1, -0.05) is 6.07 Å². The lowest BCUT2D eigenvalue weighted by molar-refractivity contribution is -0.129. The van der Waals surface area contributed by atoms with Crippen LogP contribution in [-0.4, -0.2) is 36.9 Å². The fourth-order valence-corrected chi connectivity index (χ4v) is 1.99. The summed E-state index contributed by atoms with van der Waals surface area (Å²) in [7, 11) is 1.49. The van der Waals surface area contributed by atoms with Crippen LogP contribution in [0, 0.1) is 0 Å². The summed E-state index contributed by atoms with van der Waals surface area (Å²) in [6.45, 7) is 3.14. The maximum absolute atomic E-state index is 11.8. The lowest BCUT2D eigenvalue weighted by Gasteiger charge is -2.17. The smallest absolute Gasteiger partial charge is 0.261 e. The van der Waals surface area contributed by atoms with Gasteiger partial charge in [0.25, 0.3) is 5.91 Å². The molecule has 19 heavy (non-hydrogen) atoms. The van der Waals surface area contributed by atoms with E-state index >= 15 is 0 Å². The molecule has 2 unspecified atom stereocenters. The summed E-state index contributed by atoms with van der Waals surface area (Å²) < 4.78 is 0. The first-order valence-corrected chi connectivity index (χ1v) is 6.70. The molecule has 2 atom stereocenters. The van der Waals surface area contributed by atoms with E-state index in [9.17, 15) is 14.4 Å². The fourth-order valence-electron chi connectivity index (χ4n) is 1.36. The standard InChI is InChI=1S/C12H17N3O3S/c1-7(10(16)13-3)14-11(17)8(2)15-12(18)9-5-4-6-19-9/h4-8H,1-3H3,(H,13,16)(H,14,17)(H,15,18). The Balaban J connectivity index is 2.49. The van der Waals surface area contributed by atoms with Crippen molar-refractivity contribution in [3.63, 3.8) is 0 Å². The molecule has 6 nitrogen and oxygen atoms in total. The summed E-state index contributed by atoms with van der Waals surface area (Å²) >= 11 is 1.30. The molecule has 1 rings (SSSR count). The molecule has 7 heteroatoms. The number of rotatable bonds is 5. The summed E-state index contributed by atoms with van der Waals surface area (Å²) in [6, 6.07) is 2.09. The first kappa shape index (κ1) is 15.2. The summed E-state index contributed by atoms with van der Waals surface area (Å²) in [5.41, 5.74) is 0. The van der Waals surface area contributed by atoms with Crippen LogP contribution in [0.3, 0.4) is 0 Å². The molecule has 0 bridgehead atoms. The molecule has 0 aliphatic heterocycles. The average Bonchev–Trinajstić information content (AvgIpc) is 2.91. The van der Waals surface area contributed by atoms with Gasteiger partial charge in [-0.3, -0.25) is 14.4 Å². The quantitative estimate of drug-likeness (QED) is 0.717. The van der Waals surface area contributed by atoms with Gasteiger partial charge in [0.2, 0.25) is 11.8 Å². The van der Waals surface area contributed by atoms with Crippen LogP contribution in [0.25, 0.3) is 0 Å². The lowest BCUT2D eigenvalue weighted by Crippen LogP contribution is -2.51. The molecule has 3 N–H and O–H groups in total. The van der Waals surface area contributed by atoms with E-state index in [0.29, 0.717) is 4.88 Å². The topological polar surface area (TPSA) is 87.3 Å². The van der Waals surface area contributed by atoms with Crippen molar-refractivity contribution in [2.45, 2.75) is 25.9 Å². The predicted molar refractivity (Wildman–Crippen MR) is 72.9 cm³/mol. The van der Waals surface area contributed by atoms with Gasteiger partial charge in [0.1, 0.15) is 12.1 Å². The highest BCUT2D eigenvalue weighted by Gasteiger charge is 2.20. The van der Waals surface area contributed by atoms with Gasteiger partial charge in [-0.2, -0.15) is 0 Å². The number of carbonyl (C=O) groups is 3. The number of amides is 3. The fraction of sp³-hybridized carbons (Fsp3) is 0.417. The molecule has 0 saturated heterocycles. The molecule has 104 valence electrons. The zero-order valence-corrected chi connectivity index (χ0v) is 11.8. The Bertz CT molecular complexity index is 459. The number of nitrogens with one attached hydrogen (secondary N) is 3. The van der Waals surface area contributed by atoms with Gasteiger partial charge in [-0.15, -0.1) is 11.3 Å². The Morgan fingerprint density at radius 1 is 1.11 bits per heavy atom. The van der Waals surface area contributed by atoms with Crippen LogP contribution in [0.15, 0.2) is 17.5 Å². The SMILES string of the molecule is CNC(=O)C(C)NC(=O)C(C)NC(=O)c1cccs1. The Kier molecular flexibility index (Phi) is 5.50. The number of carbonyl (C=O) groups excluding carboxylic acids is 3. The van der Waals surface area contributed by atoms with Crippen molar-refractivity contribution in [3.05, 3.63) is 22.4 Å².